The number of rotatable bonds is 5. The highest BCUT2D eigenvalue weighted by molar-refractivity contribution is 5.85. The minimum atomic E-state index is -0.00334. The second kappa shape index (κ2) is 8.71. The first-order chi connectivity index (χ1) is 11.2. The topological polar surface area (TPSA) is 55.6 Å². The maximum Gasteiger partial charge on any atom is 0.226 e. The van der Waals surface area contributed by atoms with E-state index >= 15 is 0 Å². The van der Waals surface area contributed by atoms with Gasteiger partial charge >= 0.3 is 0 Å². The molecule has 2 aromatic carbocycles. The number of ether oxygens (including phenoxy) is 1. The summed E-state index contributed by atoms with van der Waals surface area (Å²) >= 11 is 0. The Labute approximate surface area is 149 Å². The number of likely N-dealkylation sites (tertiary alicyclic amines) is 1. The van der Waals surface area contributed by atoms with Gasteiger partial charge in [0.2, 0.25) is 5.91 Å². The Morgan fingerprint density at radius 2 is 1.67 bits per heavy atom. The van der Waals surface area contributed by atoms with Gasteiger partial charge in [0.15, 0.2) is 0 Å². The van der Waals surface area contributed by atoms with Crippen LogP contribution in [0.15, 0.2) is 60.7 Å². The predicted molar refractivity (Wildman–Crippen MR) is 97.5 cm³/mol. The van der Waals surface area contributed by atoms with Crippen LogP contribution in [0.2, 0.25) is 0 Å². The third-order valence-corrected chi connectivity index (χ3v) is 4.27. The molecule has 24 heavy (non-hydrogen) atoms. The lowest BCUT2D eigenvalue weighted by molar-refractivity contribution is -0.130. The smallest absolute Gasteiger partial charge is 0.226 e. The van der Waals surface area contributed by atoms with Crippen molar-refractivity contribution in [2.75, 3.05) is 19.7 Å². The third-order valence-electron chi connectivity index (χ3n) is 4.27. The zero-order valence-electron chi connectivity index (χ0n) is 13.5. The molecule has 1 saturated heterocycles. The van der Waals surface area contributed by atoms with E-state index in [0.29, 0.717) is 26.1 Å². The van der Waals surface area contributed by atoms with Crippen molar-refractivity contribution >= 4 is 18.3 Å². The summed E-state index contributed by atoms with van der Waals surface area (Å²) in [5.41, 5.74) is 7.44. The zero-order chi connectivity index (χ0) is 16.1. The molecule has 0 spiro atoms. The van der Waals surface area contributed by atoms with E-state index in [2.05, 4.69) is 12.1 Å². The van der Waals surface area contributed by atoms with Gasteiger partial charge in [-0.15, -0.1) is 12.4 Å². The molecule has 1 heterocycles. The maximum atomic E-state index is 12.3. The van der Waals surface area contributed by atoms with Crippen LogP contribution < -0.4 is 10.5 Å². The average molecular weight is 347 g/mol. The summed E-state index contributed by atoms with van der Waals surface area (Å²) in [4.78, 5) is 14.2. The molecular formula is C19H23ClN2O2. The van der Waals surface area contributed by atoms with Crippen molar-refractivity contribution in [2.24, 2.45) is 5.73 Å². The van der Waals surface area contributed by atoms with Crippen LogP contribution in [-0.4, -0.2) is 36.5 Å². The molecule has 0 aromatic heterocycles. The number of carbonyl (C=O) groups is 1. The standard InChI is InChI=1S/C19H22N2O2.ClH/c20-18-14-21(13-17(18)15-7-3-1-4-8-15)19(22)11-12-23-16-9-5-2-6-10-16;/h1-10,17-18H,11-14,20H2;1H/t17-,18+;/m0./s1. The highest BCUT2D eigenvalue weighted by atomic mass is 35.5. The second-order valence-corrected chi connectivity index (χ2v) is 5.89. The Bertz CT molecular complexity index is 636. The quantitative estimate of drug-likeness (QED) is 0.905. The zero-order valence-corrected chi connectivity index (χ0v) is 14.3. The Kier molecular flexibility index (Phi) is 6.64. The van der Waals surface area contributed by atoms with Crippen LogP contribution in [0.4, 0.5) is 0 Å². The molecule has 0 aliphatic carbocycles. The molecule has 1 fully saturated rings. The van der Waals surface area contributed by atoms with Gasteiger partial charge < -0.3 is 15.4 Å². The van der Waals surface area contributed by atoms with Crippen LogP contribution in [0.3, 0.4) is 0 Å². The summed E-state index contributed by atoms with van der Waals surface area (Å²) < 4.78 is 5.60. The fourth-order valence-electron chi connectivity index (χ4n) is 3.02. The number of hydrogen-bond acceptors (Lipinski definition) is 3. The monoisotopic (exact) mass is 346 g/mol. The van der Waals surface area contributed by atoms with Crippen LogP contribution in [0.25, 0.3) is 0 Å². The summed E-state index contributed by atoms with van der Waals surface area (Å²) in [5, 5.41) is 0. The van der Waals surface area contributed by atoms with Gasteiger partial charge in [-0.2, -0.15) is 0 Å². The minimum Gasteiger partial charge on any atom is -0.493 e. The van der Waals surface area contributed by atoms with Crippen LogP contribution in [0.5, 0.6) is 5.75 Å². The molecule has 1 amide bonds. The Morgan fingerprint density at radius 3 is 2.33 bits per heavy atom. The highest BCUT2D eigenvalue weighted by Gasteiger charge is 2.33. The summed E-state index contributed by atoms with van der Waals surface area (Å²) in [7, 11) is 0. The van der Waals surface area contributed by atoms with E-state index in [1.807, 2.05) is 53.4 Å². The number of benzene rings is 2. The van der Waals surface area contributed by atoms with E-state index in [9.17, 15) is 4.79 Å². The fraction of sp³-hybridized carbons (Fsp3) is 0.316. The van der Waals surface area contributed by atoms with Gasteiger partial charge in [0.05, 0.1) is 13.0 Å². The van der Waals surface area contributed by atoms with Crippen LogP contribution in [0.1, 0.15) is 17.9 Å². The van der Waals surface area contributed by atoms with Gasteiger partial charge in [0, 0.05) is 25.0 Å². The summed E-state index contributed by atoms with van der Waals surface area (Å²) in [5.74, 6) is 1.12. The first kappa shape index (κ1) is 18.3. The molecule has 0 radical (unpaired) electrons. The molecule has 1 aliphatic rings. The van der Waals surface area contributed by atoms with E-state index < -0.39 is 0 Å². The van der Waals surface area contributed by atoms with E-state index in [4.69, 9.17) is 10.5 Å². The van der Waals surface area contributed by atoms with Gasteiger partial charge in [0.25, 0.3) is 0 Å². The first-order valence-electron chi connectivity index (χ1n) is 8.00. The lowest BCUT2D eigenvalue weighted by atomic mass is 9.95. The third kappa shape index (κ3) is 4.49. The average Bonchev–Trinajstić information content (AvgIpc) is 2.98. The Hall–Kier alpha value is -2.04. The van der Waals surface area contributed by atoms with Crippen LogP contribution >= 0.6 is 12.4 Å². The SMILES string of the molecule is Cl.N[C@@H]1CN(C(=O)CCOc2ccccc2)C[C@H]1c1ccccc1. The molecule has 5 heteroatoms. The van der Waals surface area contributed by atoms with E-state index in [1.165, 1.54) is 5.56 Å². The molecule has 0 saturated carbocycles. The van der Waals surface area contributed by atoms with E-state index in [-0.39, 0.29) is 30.3 Å². The van der Waals surface area contributed by atoms with Crippen molar-refractivity contribution in [3.8, 4) is 5.75 Å². The largest absolute Gasteiger partial charge is 0.493 e. The molecule has 2 N–H and O–H groups in total. The number of hydrogen-bond donors (Lipinski definition) is 1. The van der Waals surface area contributed by atoms with Gasteiger partial charge in [0.1, 0.15) is 5.75 Å². The Balaban J connectivity index is 0.00000208. The van der Waals surface area contributed by atoms with E-state index in [1.54, 1.807) is 0 Å². The highest BCUT2D eigenvalue weighted by Crippen LogP contribution is 2.26. The van der Waals surface area contributed by atoms with Crippen molar-refractivity contribution in [1.29, 1.82) is 0 Å². The van der Waals surface area contributed by atoms with Crippen molar-refractivity contribution in [2.45, 2.75) is 18.4 Å². The molecule has 4 nitrogen and oxygen atoms in total. The molecule has 0 bridgehead atoms. The lowest BCUT2D eigenvalue weighted by Gasteiger charge is -2.16. The van der Waals surface area contributed by atoms with Crippen LogP contribution in [0, 0.1) is 0 Å². The number of halogens is 1. The predicted octanol–water partition coefficient (Wildman–Crippen LogP) is 2.83. The lowest BCUT2D eigenvalue weighted by Crippen LogP contribution is -2.32. The molecule has 1 aliphatic heterocycles. The fourth-order valence-corrected chi connectivity index (χ4v) is 3.02. The number of nitrogens with two attached hydrogens (primary N) is 1. The molecular weight excluding hydrogens is 324 g/mol. The summed E-state index contributed by atoms with van der Waals surface area (Å²) in [6, 6.07) is 19.7. The minimum absolute atomic E-state index is 0. The maximum absolute atomic E-state index is 12.3. The normalized spacial score (nSPS) is 19.6. The number of carbonyl (C=O) groups excluding carboxylic acids is 1. The molecule has 128 valence electrons. The van der Waals surface area contributed by atoms with Crippen LogP contribution in [-0.2, 0) is 4.79 Å². The summed E-state index contributed by atoms with van der Waals surface area (Å²) in [6.45, 7) is 1.70. The Morgan fingerprint density at radius 1 is 1.04 bits per heavy atom. The second-order valence-electron chi connectivity index (χ2n) is 5.89. The number of nitrogens with zero attached hydrogens (tertiary/aromatic N) is 1. The van der Waals surface area contributed by atoms with E-state index in [0.717, 1.165) is 5.75 Å². The number of amides is 1. The van der Waals surface area contributed by atoms with Gasteiger partial charge in [-0.1, -0.05) is 48.5 Å². The number of para-hydroxylation sites is 1. The van der Waals surface area contributed by atoms with Gasteiger partial charge in [-0.25, -0.2) is 0 Å². The van der Waals surface area contributed by atoms with Crippen molar-refractivity contribution in [3.05, 3.63) is 66.2 Å². The molecule has 2 atom stereocenters. The first-order valence-corrected chi connectivity index (χ1v) is 8.00. The van der Waals surface area contributed by atoms with Gasteiger partial charge in [-0.05, 0) is 17.7 Å². The molecule has 0 unspecified atom stereocenters. The van der Waals surface area contributed by atoms with Crippen molar-refractivity contribution in [3.63, 3.8) is 0 Å². The molecule has 3 rings (SSSR count). The summed E-state index contributed by atoms with van der Waals surface area (Å²) in [6.07, 6.45) is 0.378. The van der Waals surface area contributed by atoms with Crippen molar-refractivity contribution in [1.82, 2.24) is 4.90 Å². The molecule has 2 aromatic rings. The van der Waals surface area contributed by atoms with Gasteiger partial charge in [-0.3, -0.25) is 4.79 Å². The van der Waals surface area contributed by atoms with Crippen molar-refractivity contribution < 1.29 is 9.53 Å².